The third kappa shape index (κ3) is 2.23. The molecule has 3 rings (SSSR count). The van der Waals surface area contributed by atoms with E-state index in [-0.39, 0.29) is 0 Å². The molecule has 1 aliphatic rings. The number of nitrogens with zero attached hydrogens (tertiary/aromatic N) is 4. The molecule has 0 N–H and O–H groups in total. The fourth-order valence-electron chi connectivity index (χ4n) is 2.98. The van der Waals surface area contributed by atoms with E-state index in [1.54, 1.807) is 0 Å². The number of hydrogen-bond donors (Lipinski definition) is 0. The number of rotatable bonds is 2. The lowest BCUT2D eigenvalue weighted by Crippen LogP contribution is -2.39. The molecule has 0 spiro atoms. The Morgan fingerprint density at radius 3 is 2.95 bits per heavy atom. The number of likely N-dealkylation sites (tertiary alicyclic amines) is 1. The van der Waals surface area contributed by atoms with Crippen molar-refractivity contribution in [1.29, 1.82) is 0 Å². The van der Waals surface area contributed by atoms with Crippen molar-refractivity contribution < 1.29 is 0 Å². The Labute approximate surface area is 118 Å². The van der Waals surface area contributed by atoms with Crippen LogP contribution in [0.1, 0.15) is 45.0 Å². The summed E-state index contributed by atoms with van der Waals surface area (Å²) in [4.78, 5) is 2.51. The molecular weight excluding hydrogens is 260 g/mol. The average Bonchev–Trinajstić information content (AvgIpc) is 2.84. The zero-order chi connectivity index (χ0) is 13.4. The van der Waals surface area contributed by atoms with Crippen molar-refractivity contribution in [1.82, 2.24) is 19.5 Å². The summed E-state index contributed by atoms with van der Waals surface area (Å²) in [5.41, 5.74) is 0.758. The molecule has 1 aliphatic heterocycles. The van der Waals surface area contributed by atoms with E-state index in [9.17, 15) is 0 Å². The first-order valence-corrected chi connectivity index (χ1v) is 7.31. The summed E-state index contributed by atoms with van der Waals surface area (Å²) in [6.07, 6.45) is 5.67. The Morgan fingerprint density at radius 1 is 1.32 bits per heavy atom. The first-order valence-electron chi connectivity index (χ1n) is 6.93. The van der Waals surface area contributed by atoms with E-state index < -0.39 is 0 Å². The Bertz CT molecular complexity index is 578. The largest absolute Gasteiger partial charge is 0.291 e. The van der Waals surface area contributed by atoms with Crippen LogP contribution in [0.3, 0.4) is 0 Å². The van der Waals surface area contributed by atoms with Gasteiger partial charge in [-0.2, -0.15) is 0 Å². The number of fused-ring (bicyclic) bond motifs is 1. The van der Waals surface area contributed by atoms with Crippen molar-refractivity contribution >= 4 is 17.2 Å². The van der Waals surface area contributed by atoms with Crippen LogP contribution in [0.5, 0.6) is 0 Å². The first kappa shape index (κ1) is 12.9. The van der Waals surface area contributed by atoms with Crippen LogP contribution in [0.4, 0.5) is 0 Å². The number of halogens is 1. The molecule has 1 fully saturated rings. The molecule has 0 aliphatic carbocycles. The van der Waals surface area contributed by atoms with E-state index in [1.165, 1.54) is 12.8 Å². The lowest BCUT2D eigenvalue weighted by molar-refractivity contribution is 0.105. The van der Waals surface area contributed by atoms with E-state index >= 15 is 0 Å². The third-order valence-corrected chi connectivity index (χ3v) is 4.21. The molecule has 1 unspecified atom stereocenters. The quantitative estimate of drug-likeness (QED) is 0.845. The third-order valence-electron chi connectivity index (χ3n) is 3.92. The second-order valence-electron chi connectivity index (χ2n) is 5.45. The van der Waals surface area contributed by atoms with E-state index in [0.29, 0.717) is 17.1 Å². The molecule has 2 aromatic heterocycles. The maximum atomic E-state index is 6.17. The average molecular weight is 279 g/mol. The Morgan fingerprint density at radius 2 is 2.16 bits per heavy atom. The molecule has 0 amide bonds. The van der Waals surface area contributed by atoms with Gasteiger partial charge in [-0.1, -0.05) is 18.0 Å². The molecular formula is C14H19ClN4. The first-order chi connectivity index (χ1) is 9.18. The summed E-state index contributed by atoms with van der Waals surface area (Å²) >= 11 is 6.17. The highest BCUT2D eigenvalue weighted by molar-refractivity contribution is 6.33. The maximum Gasteiger partial charge on any atom is 0.179 e. The predicted molar refractivity (Wildman–Crippen MR) is 76.4 cm³/mol. The van der Waals surface area contributed by atoms with E-state index in [4.69, 9.17) is 11.6 Å². The van der Waals surface area contributed by atoms with Gasteiger partial charge in [0.1, 0.15) is 0 Å². The lowest BCUT2D eigenvalue weighted by Gasteiger charge is -2.37. The minimum Gasteiger partial charge on any atom is -0.291 e. The SMILES string of the molecule is CC(C)N1CCCCC1c1nnc2c(Cl)cccn12. The minimum absolute atomic E-state index is 0.349. The molecule has 2 aromatic rings. The van der Waals surface area contributed by atoms with Gasteiger partial charge in [-0.05, 0) is 45.4 Å². The maximum absolute atomic E-state index is 6.17. The summed E-state index contributed by atoms with van der Waals surface area (Å²) in [7, 11) is 0. The van der Waals surface area contributed by atoms with Gasteiger partial charge in [-0.25, -0.2) is 0 Å². The summed E-state index contributed by atoms with van der Waals surface area (Å²) in [5.74, 6) is 1.02. The highest BCUT2D eigenvalue weighted by atomic mass is 35.5. The van der Waals surface area contributed by atoms with Crippen LogP contribution in [-0.4, -0.2) is 32.1 Å². The number of hydrogen-bond acceptors (Lipinski definition) is 3. The predicted octanol–water partition coefficient (Wildman–Crippen LogP) is 3.32. The van der Waals surface area contributed by atoms with Gasteiger partial charge in [0.25, 0.3) is 0 Å². The number of aromatic nitrogens is 3. The second kappa shape index (κ2) is 5.10. The van der Waals surface area contributed by atoms with E-state index in [0.717, 1.165) is 24.4 Å². The topological polar surface area (TPSA) is 33.4 Å². The van der Waals surface area contributed by atoms with E-state index in [1.807, 2.05) is 22.7 Å². The molecule has 3 heterocycles. The second-order valence-corrected chi connectivity index (χ2v) is 5.86. The van der Waals surface area contributed by atoms with Crippen molar-refractivity contribution in [3.05, 3.63) is 29.2 Å². The molecule has 102 valence electrons. The standard InChI is InChI=1S/C14H19ClN4/c1-10(2)18-8-4-3-7-12(18)14-17-16-13-11(15)6-5-9-19(13)14/h5-6,9-10,12H,3-4,7-8H2,1-2H3. The molecule has 0 bridgehead atoms. The molecule has 0 radical (unpaired) electrons. The fraction of sp³-hybridized carbons (Fsp3) is 0.571. The Balaban J connectivity index is 2.05. The highest BCUT2D eigenvalue weighted by Gasteiger charge is 2.29. The van der Waals surface area contributed by atoms with Gasteiger partial charge >= 0.3 is 0 Å². The minimum atomic E-state index is 0.349. The molecule has 19 heavy (non-hydrogen) atoms. The summed E-state index contributed by atoms with van der Waals surface area (Å²) in [6.45, 7) is 5.63. The van der Waals surface area contributed by atoms with Crippen LogP contribution in [0.15, 0.2) is 18.3 Å². The van der Waals surface area contributed by atoms with E-state index in [2.05, 4.69) is 28.9 Å². The molecule has 1 atom stereocenters. The van der Waals surface area contributed by atoms with Crippen molar-refractivity contribution in [2.75, 3.05) is 6.54 Å². The van der Waals surface area contributed by atoms with Gasteiger partial charge in [-0.15, -0.1) is 10.2 Å². The molecule has 0 saturated carbocycles. The van der Waals surface area contributed by atoms with Gasteiger partial charge in [0.15, 0.2) is 11.5 Å². The molecule has 0 aromatic carbocycles. The molecule has 5 heteroatoms. The van der Waals surface area contributed by atoms with Crippen LogP contribution in [-0.2, 0) is 0 Å². The van der Waals surface area contributed by atoms with Gasteiger partial charge in [-0.3, -0.25) is 9.30 Å². The fourth-order valence-corrected chi connectivity index (χ4v) is 3.18. The molecule has 4 nitrogen and oxygen atoms in total. The van der Waals surface area contributed by atoms with Crippen LogP contribution in [0.25, 0.3) is 5.65 Å². The monoisotopic (exact) mass is 278 g/mol. The van der Waals surface area contributed by atoms with Gasteiger partial charge in [0.2, 0.25) is 0 Å². The summed E-state index contributed by atoms with van der Waals surface area (Å²) < 4.78 is 2.04. The molecule has 1 saturated heterocycles. The summed E-state index contributed by atoms with van der Waals surface area (Å²) in [5, 5.41) is 9.30. The van der Waals surface area contributed by atoms with Crippen molar-refractivity contribution in [2.24, 2.45) is 0 Å². The van der Waals surface area contributed by atoms with Gasteiger partial charge in [0.05, 0.1) is 11.1 Å². The van der Waals surface area contributed by atoms with Gasteiger partial charge < -0.3 is 0 Å². The Kier molecular flexibility index (Phi) is 3.46. The zero-order valence-electron chi connectivity index (χ0n) is 11.4. The lowest BCUT2D eigenvalue weighted by atomic mass is 10.00. The normalized spacial score (nSPS) is 21.4. The van der Waals surface area contributed by atoms with Crippen molar-refractivity contribution in [3.8, 4) is 0 Å². The van der Waals surface area contributed by atoms with Crippen molar-refractivity contribution in [2.45, 2.75) is 45.2 Å². The van der Waals surface area contributed by atoms with Crippen LogP contribution in [0, 0.1) is 0 Å². The highest BCUT2D eigenvalue weighted by Crippen LogP contribution is 2.32. The number of pyridine rings is 1. The number of piperidine rings is 1. The van der Waals surface area contributed by atoms with Crippen LogP contribution in [0.2, 0.25) is 5.02 Å². The zero-order valence-corrected chi connectivity index (χ0v) is 12.1. The Hall–Kier alpha value is -1.13. The van der Waals surface area contributed by atoms with Crippen LogP contribution < -0.4 is 0 Å². The van der Waals surface area contributed by atoms with Crippen LogP contribution >= 0.6 is 11.6 Å². The smallest absolute Gasteiger partial charge is 0.179 e. The van der Waals surface area contributed by atoms with Gasteiger partial charge in [0, 0.05) is 12.2 Å². The summed E-state index contributed by atoms with van der Waals surface area (Å²) in [6, 6.07) is 4.68. The van der Waals surface area contributed by atoms with Crippen molar-refractivity contribution in [3.63, 3.8) is 0 Å².